The molecule has 1 aromatic heterocycles. The van der Waals surface area contributed by atoms with E-state index in [1.807, 2.05) is 18.3 Å². The average Bonchev–Trinajstić information content (AvgIpc) is 3.09. The summed E-state index contributed by atoms with van der Waals surface area (Å²) >= 11 is 1.39. The number of nitrogens with one attached hydrogen (secondary N) is 1. The number of nitrogens with zero attached hydrogens (tertiary/aromatic N) is 2. The second-order valence-electron chi connectivity index (χ2n) is 6.14. The van der Waals surface area contributed by atoms with Gasteiger partial charge in [-0.25, -0.2) is 4.79 Å². The van der Waals surface area contributed by atoms with Gasteiger partial charge in [0.1, 0.15) is 0 Å². The summed E-state index contributed by atoms with van der Waals surface area (Å²) in [6.45, 7) is 6.01. The Morgan fingerprint density at radius 3 is 2.67 bits per heavy atom. The number of aliphatic carboxylic acids is 1. The highest BCUT2D eigenvalue weighted by atomic mass is 32.2. The van der Waals surface area contributed by atoms with Crippen molar-refractivity contribution < 1.29 is 37.4 Å². The van der Waals surface area contributed by atoms with Crippen molar-refractivity contribution in [3.05, 3.63) is 23.5 Å². The van der Waals surface area contributed by atoms with Crippen molar-refractivity contribution >= 4 is 34.9 Å². The second-order valence-corrected chi connectivity index (χ2v) is 7.52. The van der Waals surface area contributed by atoms with Crippen molar-refractivity contribution in [2.45, 2.75) is 44.7 Å². The van der Waals surface area contributed by atoms with Gasteiger partial charge in [-0.05, 0) is 37.6 Å². The normalized spacial score (nSPS) is 17.8. The van der Waals surface area contributed by atoms with Crippen LogP contribution >= 0.6 is 11.8 Å². The van der Waals surface area contributed by atoms with Crippen LogP contribution in [0.1, 0.15) is 32.4 Å². The molecule has 0 unspecified atom stereocenters. The van der Waals surface area contributed by atoms with Crippen molar-refractivity contribution in [3.8, 4) is 0 Å². The number of thioether (sulfide) groups is 1. The number of aromatic nitrogens is 2. The van der Waals surface area contributed by atoms with E-state index in [0.29, 0.717) is 19.6 Å². The third kappa shape index (κ3) is 9.92. The Hall–Kier alpha value is -2.34. The van der Waals surface area contributed by atoms with Crippen molar-refractivity contribution in [3.63, 3.8) is 0 Å². The van der Waals surface area contributed by atoms with Gasteiger partial charge in [0.2, 0.25) is 0 Å². The van der Waals surface area contributed by atoms with Crippen LogP contribution in [0, 0.1) is 0 Å². The zero-order valence-corrected chi connectivity index (χ0v) is 17.4. The molecule has 1 fully saturated rings. The lowest BCUT2D eigenvalue weighted by Crippen LogP contribution is -2.32. The number of esters is 1. The van der Waals surface area contributed by atoms with Crippen LogP contribution in [0.2, 0.25) is 0 Å². The number of rotatable bonds is 6. The van der Waals surface area contributed by atoms with Crippen LogP contribution in [0.5, 0.6) is 0 Å². The van der Waals surface area contributed by atoms with E-state index >= 15 is 0 Å². The Bertz CT molecular complexity index is 764. The summed E-state index contributed by atoms with van der Waals surface area (Å²) in [6, 6.07) is 1.92. The molecule has 30 heavy (non-hydrogen) atoms. The number of carboxylic acid groups (broad SMARTS) is 1. The number of hydrogen-bond donors (Lipinski definition) is 2. The number of hydrogen-bond acceptors (Lipinski definition) is 7. The number of carbonyl (C=O) groups excluding carboxylic acids is 2. The minimum absolute atomic E-state index is 0.141. The van der Waals surface area contributed by atoms with Crippen LogP contribution in [0.15, 0.2) is 17.8 Å². The van der Waals surface area contributed by atoms with Gasteiger partial charge in [-0.1, -0.05) is 11.8 Å². The molecule has 1 aliphatic rings. The van der Waals surface area contributed by atoms with Gasteiger partial charge >= 0.3 is 18.1 Å². The van der Waals surface area contributed by atoms with Crippen LogP contribution in [0.4, 0.5) is 13.2 Å². The van der Waals surface area contributed by atoms with Crippen LogP contribution in [0.25, 0.3) is 6.08 Å². The predicted octanol–water partition coefficient (Wildman–Crippen LogP) is 2.49. The highest BCUT2D eigenvalue weighted by Crippen LogP contribution is 2.26. The lowest BCUT2D eigenvalue weighted by molar-refractivity contribution is -0.192. The third-order valence-corrected chi connectivity index (χ3v) is 4.88. The van der Waals surface area contributed by atoms with E-state index in [0.717, 1.165) is 25.2 Å². The number of alkyl halides is 3. The van der Waals surface area contributed by atoms with Crippen LogP contribution in [-0.4, -0.2) is 63.1 Å². The van der Waals surface area contributed by atoms with E-state index in [4.69, 9.17) is 14.6 Å². The largest absolute Gasteiger partial charge is 0.490 e. The summed E-state index contributed by atoms with van der Waals surface area (Å²) in [5, 5.41) is 15.3. The first-order chi connectivity index (χ1) is 14.0. The van der Waals surface area contributed by atoms with Crippen molar-refractivity contribution in [1.29, 1.82) is 0 Å². The number of aryl methyl sites for hydroxylation is 1. The fourth-order valence-corrected chi connectivity index (χ4v) is 3.39. The Morgan fingerprint density at radius 1 is 1.43 bits per heavy atom. The Balaban J connectivity index is 0.000000553. The fourth-order valence-electron chi connectivity index (χ4n) is 2.45. The molecule has 0 radical (unpaired) electrons. The Kier molecular flexibility index (Phi) is 10.6. The molecule has 0 bridgehead atoms. The summed E-state index contributed by atoms with van der Waals surface area (Å²) in [6.07, 6.45) is 0.0676. The van der Waals surface area contributed by atoms with Gasteiger partial charge in [-0.15, -0.1) is 0 Å². The third-order valence-electron chi connectivity index (χ3n) is 3.72. The van der Waals surface area contributed by atoms with Crippen LogP contribution in [0.3, 0.4) is 0 Å². The maximum Gasteiger partial charge on any atom is 0.490 e. The molecular weight excluding hydrogens is 427 g/mol. The summed E-state index contributed by atoms with van der Waals surface area (Å²) in [7, 11) is 0. The molecule has 1 atom stereocenters. The quantitative estimate of drug-likeness (QED) is 0.635. The standard InChI is InChI=1S/C16H23N3O3S.C2HF3O2/c1-3-22-16(21)6-9-19-8-5-14(18-19)10-13-11-17-7-4-15(13)23-12(2)20;3-2(4,5)1(6)7/h5,8,10,15,17H,3-4,6-7,9,11H2,1-2H3;(H,6,7)/t15-;/m1./s1. The predicted molar refractivity (Wildman–Crippen MR) is 105 cm³/mol. The molecule has 2 heterocycles. The Morgan fingerprint density at radius 2 is 2.10 bits per heavy atom. The van der Waals surface area contributed by atoms with E-state index in [-0.39, 0.29) is 16.3 Å². The lowest BCUT2D eigenvalue weighted by Gasteiger charge is -2.24. The van der Waals surface area contributed by atoms with E-state index in [2.05, 4.69) is 10.4 Å². The summed E-state index contributed by atoms with van der Waals surface area (Å²) in [5.74, 6) is -2.97. The smallest absolute Gasteiger partial charge is 0.475 e. The van der Waals surface area contributed by atoms with Gasteiger partial charge in [0.15, 0.2) is 5.12 Å². The van der Waals surface area contributed by atoms with E-state index in [1.54, 1.807) is 18.5 Å². The minimum atomic E-state index is -5.08. The highest BCUT2D eigenvalue weighted by molar-refractivity contribution is 8.14. The maximum atomic E-state index is 11.4. The molecule has 0 aromatic carbocycles. The molecule has 168 valence electrons. The summed E-state index contributed by atoms with van der Waals surface area (Å²) < 4.78 is 38.4. The molecule has 8 nitrogen and oxygen atoms in total. The number of piperidine rings is 1. The van der Waals surface area contributed by atoms with Gasteiger partial charge in [0, 0.05) is 24.9 Å². The Labute approximate surface area is 175 Å². The topological polar surface area (TPSA) is 111 Å². The van der Waals surface area contributed by atoms with Gasteiger partial charge in [0.25, 0.3) is 0 Å². The zero-order chi connectivity index (χ0) is 22.7. The van der Waals surface area contributed by atoms with Crippen LogP contribution < -0.4 is 5.32 Å². The van der Waals surface area contributed by atoms with Crippen molar-refractivity contribution in [2.75, 3.05) is 19.7 Å². The number of carboxylic acids is 1. The maximum absolute atomic E-state index is 11.4. The van der Waals surface area contributed by atoms with E-state index in [1.165, 1.54) is 17.3 Å². The zero-order valence-electron chi connectivity index (χ0n) is 16.6. The molecule has 0 amide bonds. The summed E-state index contributed by atoms with van der Waals surface area (Å²) in [4.78, 5) is 31.6. The molecular formula is C18H24F3N3O5S. The molecule has 2 N–H and O–H groups in total. The molecule has 1 saturated heterocycles. The first-order valence-corrected chi connectivity index (χ1v) is 9.98. The van der Waals surface area contributed by atoms with Crippen molar-refractivity contribution in [1.82, 2.24) is 15.1 Å². The molecule has 1 aliphatic heterocycles. The van der Waals surface area contributed by atoms with Crippen LogP contribution in [-0.2, 0) is 25.7 Å². The fraction of sp³-hybridized carbons (Fsp3) is 0.556. The monoisotopic (exact) mass is 451 g/mol. The first kappa shape index (κ1) is 25.7. The molecule has 1 aromatic rings. The number of halogens is 3. The first-order valence-electron chi connectivity index (χ1n) is 9.10. The molecule has 2 rings (SSSR count). The molecule has 0 spiro atoms. The van der Waals surface area contributed by atoms with E-state index in [9.17, 15) is 22.8 Å². The number of ether oxygens (including phenoxy) is 1. The van der Waals surface area contributed by atoms with Gasteiger partial charge in [-0.3, -0.25) is 14.3 Å². The lowest BCUT2D eigenvalue weighted by atomic mass is 10.0. The number of carbonyl (C=O) groups is 3. The molecule has 12 heteroatoms. The molecule has 0 saturated carbocycles. The highest BCUT2D eigenvalue weighted by Gasteiger charge is 2.38. The SMILES string of the molecule is CCOC(=O)CCn1ccc(C=C2CNCC[C@H]2SC(C)=O)n1.O=C(O)C(F)(F)F. The summed E-state index contributed by atoms with van der Waals surface area (Å²) in [5.41, 5.74) is 2.04. The van der Waals surface area contributed by atoms with Gasteiger partial charge < -0.3 is 15.2 Å². The van der Waals surface area contributed by atoms with Gasteiger partial charge in [-0.2, -0.15) is 18.3 Å². The van der Waals surface area contributed by atoms with Crippen molar-refractivity contribution in [2.24, 2.45) is 0 Å². The van der Waals surface area contributed by atoms with Gasteiger partial charge in [0.05, 0.1) is 25.3 Å². The minimum Gasteiger partial charge on any atom is -0.475 e. The average molecular weight is 451 g/mol. The van der Waals surface area contributed by atoms with E-state index < -0.39 is 12.1 Å². The molecule has 0 aliphatic carbocycles. The second kappa shape index (κ2) is 12.4.